The van der Waals surface area contributed by atoms with Gasteiger partial charge in [0.1, 0.15) is 11.4 Å². The number of primary sulfonamides is 1. The smallest absolute Gasteiger partial charge is 0.214 e. The molecule has 1 rings (SSSR count). The second-order valence-electron chi connectivity index (χ2n) is 3.34. The van der Waals surface area contributed by atoms with E-state index in [1.807, 2.05) is 0 Å². The van der Waals surface area contributed by atoms with Crippen molar-refractivity contribution in [3.05, 3.63) is 23.5 Å². The predicted molar refractivity (Wildman–Crippen MR) is 54.3 cm³/mol. The molecule has 1 aromatic heterocycles. The van der Waals surface area contributed by atoms with Crippen molar-refractivity contribution >= 4 is 10.0 Å². The number of aliphatic hydroxyl groups is 1. The molecule has 1 aromatic rings. The summed E-state index contributed by atoms with van der Waals surface area (Å²) in [5.74, 6) is 0. The quantitative estimate of drug-likeness (QED) is 0.729. The van der Waals surface area contributed by atoms with Crippen molar-refractivity contribution in [1.29, 1.82) is 0 Å². The van der Waals surface area contributed by atoms with Gasteiger partial charge in [0.05, 0.1) is 11.4 Å². The number of hydrogen-bond acceptors (Lipinski definition) is 5. The Hall–Kier alpha value is -1.05. The first-order valence-electron chi connectivity index (χ1n) is 4.32. The molecule has 0 bridgehead atoms. The van der Waals surface area contributed by atoms with Crippen molar-refractivity contribution in [3.63, 3.8) is 0 Å². The summed E-state index contributed by atoms with van der Waals surface area (Å²) in [6.07, 6.45) is -1.26. The number of rotatable bonds is 3. The van der Waals surface area contributed by atoms with Crippen molar-refractivity contribution < 1.29 is 13.5 Å². The first kappa shape index (κ1) is 12.0. The molecule has 0 spiro atoms. The molecule has 0 aliphatic heterocycles. The Kier molecular flexibility index (Phi) is 3.38. The molecular weight excluding hydrogens is 218 g/mol. The molecule has 3 N–H and O–H groups in total. The van der Waals surface area contributed by atoms with Crippen LogP contribution in [0.2, 0.25) is 0 Å². The third-order valence-corrected chi connectivity index (χ3v) is 3.38. The maximum atomic E-state index is 11.0. The molecule has 0 aromatic carbocycles. The molecule has 0 saturated heterocycles. The third-order valence-electron chi connectivity index (χ3n) is 2.08. The van der Waals surface area contributed by atoms with Gasteiger partial charge in [-0.25, -0.2) is 13.6 Å². The van der Waals surface area contributed by atoms with Crippen LogP contribution in [-0.2, 0) is 10.0 Å². The molecule has 15 heavy (non-hydrogen) atoms. The van der Waals surface area contributed by atoms with E-state index in [0.717, 1.165) is 0 Å². The van der Waals surface area contributed by atoms with Crippen LogP contribution in [0.4, 0.5) is 0 Å². The van der Waals surface area contributed by atoms with E-state index in [0.29, 0.717) is 5.69 Å². The van der Waals surface area contributed by atoms with Gasteiger partial charge in [-0.05, 0) is 26.0 Å². The van der Waals surface area contributed by atoms with Gasteiger partial charge in [-0.1, -0.05) is 0 Å². The Balaban J connectivity index is 2.95. The molecule has 84 valence electrons. The van der Waals surface area contributed by atoms with E-state index in [1.54, 1.807) is 13.0 Å². The summed E-state index contributed by atoms with van der Waals surface area (Å²) in [4.78, 5) is 0. The molecule has 7 heteroatoms. The summed E-state index contributed by atoms with van der Waals surface area (Å²) in [6, 6.07) is 3.16. The monoisotopic (exact) mass is 231 g/mol. The topological polar surface area (TPSA) is 106 Å². The third kappa shape index (κ3) is 2.95. The van der Waals surface area contributed by atoms with E-state index in [1.165, 1.54) is 13.0 Å². The molecule has 0 aliphatic carbocycles. The van der Waals surface area contributed by atoms with E-state index >= 15 is 0 Å². The largest absolute Gasteiger partial charge is 0.385 e. The predicted octanol–water partition coefficient (Wildman–Crippen LogP) is -0.505. The maximum absolute atomic E-state index is 11.0. The van der Waals surface area contributed by atoms with E-state index in [-0.39, 0.29) is 5.69 Å². The van der Waals surface area contributed by atoms with E-state index < -0.39 is 21.4 Å². The van der Waals surface area contributed by atoms with Crippen LogP contribution in [0.1, 0.15) is 24.4 Å². The highest BCUT2D eigenvalue weighted by Crippen LogP contribution is 2.17. The molecule has 6 nitrogen and oxygen atoms in total. The minimum Gasteiger partial charge on any atom is -0.385 e. The zero-order valence-electron chi connectivity index (χ0n) is 8.45. The molecule has 1 heterocycles. The lowest BCUT2D eigenvalue weighted by Gasteiger charge is -2.15. The standard InChI is InChI=1S/C8H13N3O3S/c1-5-3-4-7(11-10-5)8(12)6(2)15(9,13)14/h3-4,6,8,12H,1-2H3,(H2,9,13,14)/t6-,8-/m1/s1. The van der Waals surface area contributed by atoms with Crippen LogP contribution in [0, 0.1) is 6.92 Å². The van der Waals surface area contributed by atoms with Crippen LogP contribution in [0.3, 0.4) is 0 Å². The Morgan fingerprint density at radius 3 is 2.40 bits per heavy atom. The van der Waals surface area contributed by atoms with Crippen LogP contribution in [0.5, 0.6) is 0 Å². The Morgan fingerprint density at radius 2 is 2.00 bits per heavy atom. The summed E-state index contributed by atoms with van der Waals surface area (Å²) in [5.41, 5.74) is 0.885. The van der Waals surface area contributed by atoms with Gasteiger partial charge in [0.15, 0.2) is 0 Å². The minimum atomic E-state index is -3.78. The van der Waals surface area contributed by atoms with Crippen molar-refractivity contribution in [2.24, 2.45) is 5.14 Å². The number of hydrogen-bond donors (Lipinski definition) is 2. The number of nitrogens with zero attached hydrogens (tertiary/aromatic N) is 2. The van der Waals surface area contributed by atoms with E-state index in [2.05, 4.69) is 10.2 Å². The normalized spacial score (nSPS) is 16.0. The number of aryl methyl sites for hydroxylation is 1. The van der Waals surface area contributed by atoms with Crippen LogP contribution >= 0.6 is 0 Å². The fourth-order valence-corrected chi connectivity index (χ4v) is 1.49. The van der Waals surface area contributed by atoms with Gasteiger partial charge in [-0.2, -0.15) is 10.2 Å². The van der Waals surface area contributed by atoms with Gasteiger partial charge in [-0.15, -0.1) is 0 Å². The van der Waals surface area contributed by atoms with Crippen LogP contribution in [0.25, 0.3) is 0 Å². The molecular formula is C8H13N3O3S. The van der Waals surface area contributed by atoms with Gasteiger partial charge in [0.25, 0.3) is 0 Å². The highest BCUT2D eigenvalue weighted by atomic mass is 32.2. The molecule has 0 amide bonds. The molecule has 0 aliphatic rings. The highest BCUT2D eigenvalue weighted by Gasteiger charge is 2.27. The van der Waals surface area contributed by atoms with Crippen molar-refractivity contribution in [2.45, 2.75) is 25.2 Å². The van der Waals surface area contributed by atoms with Crippen molar-refractivity contribution in [2.75, 3.05) is 0 Å². The summed E-state index contributed by atoms with van der Waals surface area (Å²) in [7, 11) is -3.78. The zero-order chi connectivity index (χ0) is 11.6. The second kappa shape index (κ2) is 4.21. The first-order chi connectivity index (χ1) is 6.82. The Morgan fingerprint density at radius 1 is 1.40 bits per heavy atom. The lowest BCUT2D eigenvalue weighted by Crippen LogP contribution is -2.31. The lowest BCUT2D eigenvalue weighted by molar-refractivity contribution is 0.170. The van der Waals surface area contributed by atoms with E-state index in [9.17, 15) is 13.5 Å². The SMILES string of the molecule is Cc1ccc([C@H](O)[C@@H](C)S(N)(=O)=O)nn1. The van der Waals surface area contributed by atoms with Gasteiger partial charge in [0, 0.05) is 0 Å². The van der Waals surface area contributed by atoms with Crippen LogP contribution < -0.4 is 5.14 Å². The summed E-state index contributed by atoms with van der Waals surface area (Å²) < 4.78 is 22.0. The average Bonchev–Trinajstić information content (AvgIpc) is 2.15. The van der Waals surface area contributed by atoms with Crippen molar-refractivity contribution in [3.8, 4) is 0 Å². The highest BCUT2D eigenvalue weighted by molar-refractivity contribution is 7.89. The van der Waals surface area contributed by atoms with Crippen LogP contribution in [-0.4, -0.2) is 29.0 Å². The number of sulfonamides is 1. The van der Waals surface area contributed by atoms with Gasteiger partial charge in [-0.3, -0.25) is 0 Å². The maximum Gasteiger partial charge on any atom is 0.214 e. The number of aliphatic hydroxyl groups excluding tert-OH is 1. The molecule has 0 radical (unpaired) electrons. The summed E-state index contributed by atoms with van der Waals surface area (Å²) >= 11 is 0. The van der Waals surface area contributed by atoms with Gasteiger partial charge >= 0.3 is 0 Å². The molecule has 0 saturated carbocycles. The summed E-state index contributed by atoms with van der Waals surface area (Å²) in [5, 5.41) is 20.9. The summed E-state index contributed by atoms with van der Waals surface area (Å²) in [6.45, 7) is 3.06. The number of nitrogens with two attached hydrogens (primary N) is 1. The number of aromatic nitrogens is 2. The fraction of sp³-hybridized carbons (Fsp3) is 0.500. The van der Waals surface area contributed by atoms with Crippen molar-refractivity contribution in [1.82, 2.24) is 10.2 Å². The van der Waals surface area contributed by atoms with Gasteiger partial charge < -0.3 is 5.11 Å². The molecule has 0 fully saturated rings. The lowest BCUT2D eigenvalue weighted by atomic mass is 10.2. The minimum absolute atomic E-state index is 0.196. The molecule has 2 atom stereocenters. The fourth-order valence-electron chi connectivity index (χ4n) is 0.987. The van der Waals surface area contributed by atoms with E-state index in [4.69, 9.17) is 5.14 Å². The Labute approximate surface area is 88.2 Å². The molecule has 0 unspecified atom stereocenters. The first-order valence-corrected chi connectivity index (χ1v) is 5.93. The van der Waals surface area contributed by atoms with Crippen LogP contribution in [0.15, 0.2) is 12.1 Å². The Bertz CT molecular complexity index is 429. The zero-order valence-corrected chi connectivity index (χ0v) is 9.27. The average molecular weight is 231 g/mol. The second-order valence-corrected chi connectivity index (χ2v) is 5.26. The van der Waals surface area contributed by atoms with Gasteiger partial charge in [0.2, 0.25) is 10.0 Å².